The van der Waals surface area contributed by atoms with Gasteiger partial charge in [-0.3, -0.25) is 0 Å². The fraction of sp³-hybridized carbons (Fsp3) is 0.120. The third-order valence-electron chi connectivity index (χ3n) is 4.59. The number of hydrogen-bond donors (Lipinski definition) is 1. The van der Waals surface area contributed by atoms with Gasteiger partial charge in [-0.25, -0.2) is 4.79 Å². The molecule has 0 amide bonds. The zero-order valence-electron chi connectivity index (χ0n) is 17.1. The zero-order chi connectivity index (χ0) is 22.4. The number of hydrogen-bond acceptors (Lipinski definition) is 4. The lowest BCUT2D eigenvalue weighted by molar-refractivity contribution is 0.0697. The van der Waals surface area contributed by atoms with Gasteiger partial charge in [0.2, 0.25) is 0 Å². The van der Waals surface area contributed by atoms with Crippen molar-refractivity contribution in [3.63, 3.8) is 0 Å². The predicted molar refractivity (Wildman–Crippen MR) is 123 cm³/mol. The minimum absolute atomic E-state index is 0.167. The highest BCUT2D eigenvalue weighted by atomic mass is 79.9. The van der Waals surface area contributed by atoms with Crippen molar-refractivity contribution in [3.8, 4) is 17.6 Å². The average molecular weight is 478 g/mol. The quantitative estimate of drug-likeness (QED) is 0.328. The van der Waals surface area contributed by atoms with Gasteiger partial charge in [-0.1, -0.05) is 42.0 Å². The fourth-order valence-corrected chi connectivity index (χ4v) is 3.63. The van der Waals surface area contributed by atoms with E-state index in [-0.39, 0.29) is 5.56 Å². The van der Waals surface area contributed by atoms with E-state index in [1.54, 1.807) is 31.4 Å². The maximum absolute atomic E-state index is 11.0. The maximum Gasteiger partial charge on any atom is 0.335 e. The molecule has 0 aromatic heterocycles. The molecule has 0 saturated heterocycles. The lowest BCUT2D eigenvalue weighted by Crippen LogP contribution is -1.99. The Balaban J connectivity index is 1.88. The van der Waals surface area contributed by atoms with E-state index in [0.717, 1.165) is 16.7 Å². The Morgan fingerprint density at radius 2 is 1.84 bits per heavy atom. The monoisotopic (exact) mass is 477 g/mol. The molecule has 0 aliphatic rings. The van der Waals surface area contributed by atoms with Crippen LogP contribution in [0.5, 0.6) is 11.5 Å². The number of methoxy groups -OCH3 is 1. The molecule has 0 spiro atoms. The molecule has 3 aromatic carbocycles. The molecule has 6 heteroatoms. The number of ether oxygens (including phenoxy) is 2. The van der Waals surface area contributed by atoms with Crippen LogP contribution in [0.1, 0.15) is 32.6 Å². The normalized spacial score (nSPS) is 11.0. The van der Waals surface area contributed by atoms with Gasteiger partial charge < -0.3 is 14.6 Å². The topological polar surface area (TPSA) is 79.5 Å². The SMILES string of the molecule is COc1cc(/C=C(/C#N)c2ccc(C(=O)O)cc2)cc(Br)c1OCc1cccc(C)c1. The molecule has 3 rings (SSSR count). The molecule has 0 saturated carbocycles. The van der Waals surface area contributed by atoms with Crippen LogP contribution in [0.2, 0.25) is 0 Å². The van der Waals surface area contributed by atoms with E-state index in [0.29, 0.717) is 33.7 Å². The number of nitriles is 1. The lowest BCUT2D eigenvalue weighted by atomic mass is 10.0. The Kier molecular flexibility index (Phi) is 7.11. The standard InChI is InChI=1S/C25H20BrNO4/c1-16-4-3-5-17(10-16)15-31-24-22(26)12-18(13-23(24)30-2)11-21(14-27)19-6-8-20(9-7-19)25(28)29/h3-13H,15H2,1-2H3,(H,28,29)/b21-11-. The smallest absolute Gasteiger partial charge is 0.335 e. The van der Waals surface area contributed by atoms with Crippen molar-refractivity contribution in [2.24, 2.45) is 0 Å². The molecule has 156 valence electrons. The number of allylic oxidation sites excluding steroid dienone is 1. The summed E-state index contributed by atoms with van der Waals surface area (Å²) in [7, 11) is 1.56. The van der Waals surface area contributed by atoms with E-state index in [4.69, 9.17) is 14.6 Å². The Labute approximate surface area is 189 Å². The van der Waals surface area contributed by atoms with Crippen LogP contribution in [0.3, 0.4) is 0 Å². The first-order chi connectivity index (χ1) is 14.9. The van der Waals surface area contributed by atoms with Crippen LogP contribution in [0, 0.1) is 18.3 Å². The third kappa shape index (κ3) is 5.53. The van der Waals surface area contributed by atoms with Gasteiger partial charge in [0, 0.05) is 0 Å². The zero-order valence-corrected chi connectivity index (χ0v) is 18.6. The maximum atomic E-state index is 11.0. The molecule has 0 bridgehead atoms. The van der Waals surface area contributed by atoms with Crippen molar-refractivity contribution in [1.29, 1.82) is 5.26 Å². The Morgan fingerprint density at radius 1 is 1.13 bits per heavy atom. The number of carbonyl (C=O) groups is 1. The van der Waals surface area contributed by atoms with Crippen LogP contribution >= 0.6 is 15.9 Å². The van der Waals surface area contributed by atoms with Gasteiger partial charge in [0.15, 0.2) is 11.5 Å². The van der Waals surface area contributed by atoms with Crippen LogP contribution in [0.4, 0.5) is 0 Å². The Hall–Kier alpha value is -3.56. The minimum Gasteiger partial charge on any atom is -0.493 e. The van der Waals surface area contributed by atoms with Gasteiger partial charge in [-0.2, -0.15) is 5.26 Å². The van der Waals surface area contributed by atoms with Crippen LogP contribution in [0.25, 0.3) is 11.6 Å². The number of halogens is 1. The number of carboxylic acid groups (broad SMARTS) is 1. The molecular formula is C25H20BrNO4. The average Bonchev–Trinajstić information content (AvgIpc) is 2.76. The molecule has 0 heterocycles. The summed E-state index contributed by atoms with van der Waals surface area (Å²) >= 11 is 3.54. The van der Waals surface area contributed by atoms with Crippen molar-refractivity contribution in [2.75, 3.05) is 7.11 Å². The summed E-state index contributed by atoms with van der Waals surface area (Å²) in [6.07, 6.45) is 1.72. The molecule has 0 atom stereocenters. The van der Waals surface area contributed by atoms with Gasteiger partial charge in [-0.15, -0.1) is 0 Å². The molecule has 31 heavy (non-hydrogen) atoms. The number of carboxylic acids is 1. The van der Waals surface area contributed by atoms with Gasteiger partial charge in [0.25, 0.3) is 0 Å². The van der Waals surface area contributed by atoms with E-state index < -0.39 is 5.97 Å². The summed E-state index contributed by atoms with van der Waals surface area (Å²) in [6, 6.07) is 20.1. The molecule has 1 N–H and O–H groups in total. The van der Waals surface area contributed by atoms with Crippen LogP contribution < -0.4 is 9.47 Å². The number of nitrogens with zero attached hydrogens (tertiary/aromatic N) is 1. The second-order valence-electron chi connectivity index (χ2n) is 6.86. The molecule has 0 unspecified atom stereocenters. The van der Waals surface area contributed by atoms with Crippen molar-refractivity contribution in [1.82, 2.24) is 0 Å². The summed E-state index contributed by atoms with van der Waals surface area (Å²) in [5.74, 6) is 0.0984. The van der Waals surface area contributed by atoms with Gasteiger partial charge in [0.05, 0.1) is 28.8 Å². The second-order valence-corrected chi connectivity index (χ2v) is 7.72. The van der Waals surface area contributed by atoms with E-state index in [2.05, 4.69) is 28.1 Å². The number of benzene rings is 3. The van der Waals surface area contributed by atoms with Gasteiger partial charge in [-0.05, 0) is 69.9 Å². The number of rotatable bonds is 7. The number of aromatic carboxylic acids is 1. The molecule has 0 fully saturated rings. The van der Waals surface area contributed by atoms with E-state index in [1.807, 2.05) is 31.2 Å². The number of aryl methyl sites for hydroxylation is 1. The molecule has 0 aliphatic heterocycles. The van der Waals surface area contributed by atoms with Crippen molar-refractivity contribution in [2.45, 2.75) is 13.5 Å². The van der Waals surface area contributed by atoms with E-state index in [9.17, 15) is 10.1 Å². The van der Waals surface area contributed by atoms with Crippen molar-refractivity contribution in [3.05, 3.63) is 93.0 Å². The summed E-state index contributed by atoms with van der Waals surface area (Å²) < 4.78 is 12.2. The predicted octanol–water partition coefficient (Wildman–Crippen LogP) is 6.11. The van der Waals surface area contributed by atoms with Crippen molar-refractivity contribution < 1.29 is 19.4 Å². The Morgan fingerprint density at radius 3 is 2.45 bits per heavy atom. The second kappa shape index (κ2) is 9.96. The first-order valence-electron chi connectivity index (χ1n) is 9.42. The van der Waals surface area contributed by atoms with E-state index in [1.165, 1.54) is 12.1 Å². The third-order valence-corrected chi connectivity index (χ3v) is 5.18. The first kappa shape index (κ1) is 22.1. The highest BCUT2D eigenvalue weighted by Crippen LogP contribution is 2.38. The van der Waals surface area contributed by atoms with Gasteiger partial charge in [0.1, 0.15) is 6.61 Å². The van der Waals surface area contributed by atoms with Crippen molar-refractivity contribution >= 4 is 33.5 Å². The molecule has 0 aliphatic carbocycles. The molecule has 0 radical (unpaired) electrons. The van der Waals surface area contributed by atoms with Crippen LogP contribution in [-0.2, 0) is 6.61 Å². The first-order valence-corrected chi connectivity index (χ1v) is 10.2. The Bertz CT molecular complexity index is 1180. The summed E-state index contributed by atoms with van der Waals surface area (Å²) in [4.78, 5) is 11.0. The summed E-state index contributed by atoms with van der Waals surface area (Å²) in [5, 5.41) is 18.6. The molecule has 5 nitrogen and oxygen atoms in total. The lowest BCUT2D eigenvalue weighted by Gasteiger charge is -2.14. The molecule has 3 aromatic rings. The highest BCUT2D eigenvalue weighted by molar-refractivity contribution is 9.10. The minimum atomic E-state index is -1.01. The largest absolute Gasteiger partial charge is 0.493 e. The van der Waals surface area contributed by atoms with Gasteiger partial charge >= 0.3 is 5.97 Å². The van der Waals surface area contributed by atoms with E-state index >= 15 is 0 Å². The van der Waals surface area contributed by atoms with Crippen LogP contribution in [-0.4, -0.2) is 18.2 Å². The summed E-state index contributed by atoms with van der Waals surface area (Å²) in [6.45, 7) is 2.42. The fourth-order valence-electron chi connectivity index (χ4n) is 3.06. The molecular weight excluding hydrogens is 458 g/mol. The van der Waals surface area contributed by atoms with Crippen LogP contribution in [0.15, 0.2) is 65.1 Å². The highest BCUT2D eigenvalue weighted by Gasteiger charge is 2.13. The summed E-state index contributed by atoms with van der Waals surface area (Å²) in [5.41, 5.74) is 4.15.